The van der Waals surface area contributed by atoms with Gasteiger partial charge in [0.15, 0.2) is 0 Å². The number of amides is 2. The number of carbonyl (C=O) groups excluding carboxylic acids is 1. The van der Waals surface area contributed by atoms with Gasteiger partial charge in [0.2, 0.25) is 0 Å². The Bertz CT molecular complexity index is 270. The Labute approximate surface area is 95.8 Å². The maximum Gasteiger partial charge on any atom is 0.317 e. The van der Waals surface area contributed by atoms with Crippen LogP contribution in [-0.4, -0.2) is 41.6 Å². The molecule has 0 aliphatic carbocycles. The number of likely N-dealkylation sites (tertiary alicyclic amines) is 1. The molecule has 0 aromatic rings. The smallest absolute Gasteiger partial charge is 0.317 e. The highest BCUT2D eigenvalue weighted by Crippen LogP contribution is 2.30. The third-order valence-electron chi connectivity index (χ3n) is 3.20. The van der Waals surface area contributed by atoms with E-state index >= 15 is 0 Å². The summed E-state index contributed by atoms with van der Waals surface area (Å²) in [6.07, 6.45) is 1.97. The number of nitrogens with zero attached hydrogens (tertiary/aromatic N) is 1. The molecule has 1 rings (SSSR count). The van der Waals surface area contributed by atoms with Crippen LogP contribution in [0.2, 0.25) is 0 Å². The fourth-order valence-electron chi connectivity index (χ4n) is 1.76. The zero-order chi connectivity index (χ0) is 12.2. The quantitative estimate of drug-likeness (QED) is 0.764. The third kappa shape index (κ3) is 2.87. The highest BCUT2D eigenvalue weighted by Gasteiger charge is 2.37. The lowest BCUT2D eigenvalue weighted by Crippen LogP contribution is -2.48. The van der Waals surface area contributed by atoms with Crippen molar-refractivity contribution in [1.29, 1.82) is 0 Å². The molecule has 5 heteroatoms. The van der Waals surface area contributed by atoms with E-state index in [1.54, 1.807) is 11.8 Å². The molecule has 1 fully saturated rings. The van der Waals surface area contributed by atoms with Gasteiger partial charge in [-0.15, -0.1) is 0 Å². The van der Waals surface area contributed by atoms with Gasteiger partial charge in [-0.05, 0) is 26.2 Å². The first-order valence-corrected chi connectivity index (χ1v) is 5.76. The zero-order valence-corrected chi connectivity index (χ0v) is 9.95. The number of aliphatic carboxylic acids is 1. The third-order valence-corrected chi connectivity index (χ3v) is 3.20. The van der Waals surface area contributed by atoms with Crippen molar-refractivity contribution in [3.63, 3.8) is 0 Å². The lowest BCUT2D eigenvalue weighted by Gasteiger charge is -2.36. The van der Waals surface area contributed by atoms with E-state index in [9.17, 15) is 9.59 Å². The molecule has 16 heavy (non-hydrogen) atoms. The summed E-state index contributed by atoms with van der Waals surface area (Å²) >= 11 is 0. The molecule has 2 amide bonds. The second-order valence-corrected chi connectivity index (χ2v) is 4.58. The molecule has 1 aliphatic heterocycles. The summed E-state index contributed by atoms with van der Waals surface area (Å²) in [5.74, 6) is -0.763. The molecule has 0 bridgehead atoms. The van der Waals surface area contributed by atoms with Gasteiger partial charge in [-0.3, -0.25) is 4.79 Å². The van der Waals surface area contributed by atoms with Crippen LogP contribution < -0.4 is 5.32 Å². The average Bonchev–Trinajstić information content (AvgIpc) is 2.26. The highest BCUT2D eigenvalue weighted by atomic mass is 16.4. The van der Waals surface area contributed by atoms with Gasteiger partial charge in [-0.1, -0.05) is 6.92 Å². The van der Waals surface area contributed by atoms with Gasteiger partial charge in [0, 0.05) is 19.6 Å². The largest absolute Gasteiger partial charge is 0.481 e. The van der Waals surface area contributed by atoms with Crippen LogP contribution in [0.5, 0.6) is 0 Å². The molecule has 0 saturated carbocycles. The van der Waals surface area contributed by atoms with E-state index in [0.29, 0.717) is 32.5 Å². The summed E-state index contributed by atoms with van der Waals surface area (Å²) in [7, 11) is 0. The van der Waals surface area contributed by atoms with E-state index in [2.05, 4.69) is 5.32 Å². The molecular formula is C11H20N2O3. The monoisotopic (exact) mass is 228 g/mol. The summed E-state index contributed by atoms with van der Waals surface area (Å²) in [5.41, 5.74) is -0.665. The van der Waals surface area contributed by atoms with Crippen LogP contribution in [-0.2, 0) is 4.79 Å². The predicted molar refractivity (Wildman–Crippen MR) is 60.2 cm³/mol. The minimum absolute atomic E-state index is 0.0747. The molecule has 92 valence electrons. The number of carboxylic acid groups (broad SMARTS) is 1. The van der Waals surface area contributed by atoms with Crippen molar-refractivity contribution in [2.24, 2.45) is 5.41 Å². The molecule has 1 saturated heterocycles. The first-order chi connectivity index (χ1) is 7.49. The van der Waals surface area contributed by atoms with Crippen LogP contribution in [0, 0.1) is 5.41 Å². The Kier molecular flexibility index (Phi) is 4.15. The molecular weight excluding hydrogens is 208 g/mol. The number of carboxylic acids is 1. The number of piperidine rings is 1. The first-order valence-electron chi connectivity index (χ1n) is 5.76. The second-order valence-electron chi connectivity index (χ2n) is 4.58. The van der Waals surface area contributed by atoms with Gasteiger partial charge >= 0.3 is 12.0 Å². The lowest BCUT2D eigenvalue weighted by molar-refractivity contribution is -0.150. The predicted octanol–water partition coefficient (Wildman–Crippen LogP) is 1.29. The van der Waals surface area contributed by atoms with Crippen molar-refractivity contribution in [2.45, 2.75) is 33.1 Å². The summed E-state index contributed by atoms with van der Waals surface area (Å²) in [4.78, 5) is 24.3. The number of nitrogens with one attached hydrogen (secondary N) is 1. The molecule has 0 atom stereocenters. The SMILES string of the molecule is CCCNC(=O)N1CCC(C)(C(=O)O)CC1. The lowest BCUT2D eigenvalue weighted by atomic mass is 9.80. The standard InChI is InChI=1S/C11H20N2O3/c1-3-6-12-10(16)13-7-4-11(2,5-8-13)9(14)15/h3-8H2,1-2H3,(H,12,16)(H,14,15). The second kappa shape index (κ2) is 5.18. The maximum atomic E-state index is 11.6. The van der Waals surface area contributed by atoms with Crippen molar-refractivity contribution in [3.8, 4) is 0 Å². The Morgan fingerprint density at radius 2 is 1.94 bits per heavy atom. The molecule has 2 N–H and O–H groups in total. The van der Waals surface area contributed by atoms with E-state index < -0.39 is 11.4 Å². The fourth-order valence-corrected chi connectivity index (χ4v) is 1.76. The topological polar surface area (TPSA) is 69.6 Å². The van der Waals surface area contributed by atoms with Crippen LogP contribution in [0.4, 0.5) is 4.79 Å². The van der Waals surface area contributed by atoms with E-state index in [-0.39, 0.29) is 6.03 Å². The molecule has 0 unspecified atom stereocenters. The molecule has 1 aliphatic rings. The van der Waals surface area contributed by atoms with E-state index in [4.69, 9.17) is 5.11 Å². The molecule has 0 spiro atoms. The van der Waals surface area contributed by atoms with Crippen LogP contribution >= 0.6 is 0 Å². The van der Waals surface area contributed by atoms with Crippen molar-refractivity contribution in [1.82, 2.24) is 10.2 Å². The van der Waals surface area contributed by atoms with E-state index in [1.165, 1.54) is 0 Å². The number of urea groups is 1. The highest BCUT2D eigenvalue weighted by molar-refractivity contribution is 5.76. The van der Waals surface area contributed by atoms with Gasteiger partial charge < -0.3 is 15.3 Å². The summed E-state index contributed by atoms with van der Waals surface area (Å²) in [6, 6.07) is -0.0747. The van der Waals surface area contributed by atoms with Crippen LogP contribution in [0.25, 0.3) is 0 Å². The Hall–Kier alpha value is -1.26. The maximum absolute atomic E-state index is 11.6. The summed E-state index contributed by atoms with van der Waals surface area (Å²) in [6.45, 7) is 5.47. The van der Waals surface area contributed by atoms with Gasteiger partial charge in [-0.25, -0.2) is 4.79 Å². The van der Waals surface area contributed by atoms with E-state index in [0.717, 1.165) is 6.42 Å². The van der Waals surface area contributed by atoms with Gasteiger partial charge in [0.1, 0.15) is 0 Å². The molecule has 1 heterocycles. The molecule has 0 radical (unpaired) electrons. The molecule has 0 aromatic heterocycles. The van der Waals surface area contributed by atoms with Crippen molar-refractivity contribution in [3.05, 3.63) is 0 Å². The summed E-state index contributed by atoms with van der Waals surface area (Å²) in [5, 5.41) is 11.8. The van der Waals surface area contributed by atoms with E-state index in [1.807, 2.05) is 6.92 Å². The minimum Gasteiger partial charge on any atom is -0.481 e. The van der Waals surface area contributed by atoms with Crippen molar-refractivity contribution in [2.75, 3.05) is 19.6 Å². The normalized spacial score (nSPS) is 19.2. The van der Waals surface area contributed by atoms with Crippen LogP contribution in [0.3, 0.4) is 0 Å². The Morgan fingerprint density at radius 1 is 1.38 bits per heavy atom. The van der Waals surface area contributed by atoms with Crippen molar-refractivity contribution < 1.29 is 14.7 Å². The summed E-state index contributed by atoms with van der Waals surface area (Å²) < 4.78 is 0. The van der Waals surface area contributed by atoms with Crippen LogP contribution in [0.1, 0.15) is 33.1 Å². The minimum atomic E-state index is -0.763. The average molecular weight is 228 g/mol. The number of hydrogen-bond donors (Lipinski definition) is 2. The number of rotatable bonds is 3. The van der Waals surface area contributed by atoms with Crippen LogP contribution in [0.15, 0.2) is 0 Å². The van der Waals surface area contributed by atoms with Gasteiger partial charge in [-0.2, -0.15) is 0 Å². The fraction of sp³-hybridized carbons (Fsp3) is 0.818. The molecule has 0 aromatic carbocycles. The number of hydrogen-bond acceptors (Lipinski definition) is 2. The molecule has 5 nitrogen and oxygen atoms in total. The van der Waals surface area contributed by atoms with Gasteiger partial charge in [0.05, 0.1) is 5.41 Å². The van der Waals surface area contributed by atoms with Crippen molar-refractivity contribution >= 4 is 12.0 Å². The number of carbonyl (C=O) groups is 2. The van der Waals surface area contributed by atoms with Gasteiger partial charge in [0.25, 0.3) is 0 Å². The zero-order valence-electron chi connectivity index (χ0n) is 9.95. The Morgan fingerprint density at radius 3 is 2.38 bits per heavy atom. The first kappa shape index (κ1) is 12.8. The Balaban J connectivity index is 2.42.